The van der Waals surface area contributed by atoms with Crippen LogP contribution >= 0.6 is 0 Å². The molecule has 2 heterocycles. The lowest BCUT2D eigenvalue weighted by atomic mass is 9.52. The second-order valence-electron chi connectivity index (χ2n) is 10.5. The van der Waals surface area contributed by atoms with Crippen LogP contribution in [0.5, 0.6) is 11.5 Å². The number of anilines is 1. The number of piperazine rings is 1. The number of rotatable bonds is 5. The Hall–Kier alpha value is -1.42. The highest BCUT2D eigenvalue weighted by molar-refractivity contribution is 5.65. The SMILES string of the molecule is CCCCN1CCN(c2cc3c(cc2C2(C)CCCC(C)C2(C)C)OCCO3)CC1. The van der Waals surface area contributed by atoms with Gasteiger partial charge in [0.05, 0.1) is 0 Å². The number of hydrogen-bond acceptors (Lipinski definition) is 4. The first-order valence-corrected chi connectivity index (χ1v) is 12.3. The average Bonchev–Trinajstić information content (AvgIpc) is 2.76. The second kappa shape index (κ2) is 8.61. The molecule has 2 fully saturated rings. The van der Waals surface area contributed by atoms with Crippen molar-refractivity contribution in [2.75, 3.05) is 50.8 Å². The minimum absolute atomic E-state index is 0.134. The van der Waals surface area contributed by atoms with Crippen LogP contribution < -0.4 is 14.4 Å². The summed E-state index contributed by atoms with van der Waals surface area (Å²) in [5.74, 6) is 2.58. The van der Waals surface area contributed by atoms with E-state index in [1.165, 1.54) is 49.9 Å². The van der Waals surface area contributed by atoms with Gasteiger partial charge >= 0.3 is 0 Å². The zero-order valence-corrected chi connectivity index (χ0v) is 19.9. The Balaban J connectivity index is 1.70. The van der Waals surface area contributed by atoms with E-state index in [2.05, 4.69) is 56.6 Å². The van der Waals surface area contributed by atoms with Crippen molar-refractivity contribution >= 4 is 5.69 Å². The first kappa shape index (κ1) is 21.8. The van der Waals surface area contributed by atoms with Gasteiger partial charge in [-0.3, -0.25) is 4.90 Å². The highest BCUT2D eigenvalue weighted by Gasteiger charge is 2.49. The molecule has 1 saturated carbocycles. The van der Waals surface area contributed by atoms with E-state index in [1.54, 1.807) is 0 Å². The molecular formula is C26H42N2O2. The Morgan fingerprint density at radius 1 is 1.00 bits per heavy atom. The van der Waals surface area contributed by atoms with Gasteiger partial charge in [-0.05, 0) is 42.3 Å². The van der Waals surface area contributed by atoms with Crippen LogP contribution in [0.25, 0.3) is 0 Å². The molecule has 1 aromatic rings. The zero-order chi connectivity index (χ0) is 21.4. The Kier molecular flexibility index (Phi) is 6.25. The van der Waals surface area contributed by atoms with Crippen molar-refractivity contribution in [3.8, 4) is 11.5 Å². The molecule has 0 aromatic heterocycles. The largest absolute Gasteiger partial charge is 0.486 e. The highest BCUT2D eigenvalue weighted by atomic mass is 16.6. The van der Waals surface area contributed by atoms with Gasteiger partial charge in [-0.1, -0.05) is 53.9 Å². The van der Waals surface area contributed by atoms with Crippen LogP contribution in [0.1, 0.15) is 72.3 Å². The summed E-state index contributed by atoms with van der Waals surface area (Å²) in [6, 6.07) is 4.64. The molecular weight excluding hydrogens is 372 g/mol. The van der Waals surface area contributed by atoms with E-state index in [9.17, 15) is 0 Å². The summed E-state index contributed by atoms with van der Waals surface area (Å²) in [6.07, 6.45) is 6.46. The number of hydrogen-bond donors (Lipinski definition) is 0. The van der Waals surface area contributed by atoms with Crippen LogP contribution in [0.2, 0.25) is 0 Å². The molecule has 0 bridgehead atoms. The van der Waals surface area contributed by atoms with Gasteiger partial charge in [0, 0.05) is 43.3 Å². The third-order valence-corrected chi connectivity index (χ3v) is 8.76. The molecule has 2 atom stereocenters. The van der Waals surface area contributed by atoms with Gasteiger partial charge in [0.25, 0.3) is 0 Å². The van der Waals surface area contributed by atoms with Crippen LogP contribution in [0, 0.1) is 11.3 Å². The second-order valence-corrected chi connectivity index (χ2v) is 10.5. The first-order chi connectivity index (χ1) is 14.4. The van der Waals surface area contributed by atoms with Crippen molar-refractivity contribution in [3.63, 3.8) is 0 Å². The smallest absolute Gasteiger partial charge is 0.163 e. The molecule has 0 spiro atoms. The molecule has 0 amide bonds. The Morgan fingerprint density at radius 2 is 1.67 bits per heavy atom. The van der Waals surface area contributed by atoms with E-state index in [0.29, 0.717) is 19.1 Å². The number of fused-ring (bicyclic) bond motifs is 1. The normalized spacial score (nSPS) is 29.1. The molecule has 30 heavy (non-hydrogen) atoms. The Morgan fingerprint density at radius 3 is 2.33 bits per heavy atom. The van der Waals surface area contributed by atoms with Crippen molar-refractivity contribution in [3.05, 3.63) is 17.7 Å². The van der Waals surface area contributed by atoms with Crippen molar-refractivity contribution in [1.29, 1.82) is 0 Å². The standard InChI is InChI=1S/C26H42N2O2/c1-6-7-11-27-12-14-28(15-13-27)22-19-24-23(29-16-17-30-24)18-21(22)26(5)10-8-9-20(2)25(26,3)4/h18-20H,6-17H2,1-5H3. The molecule has 3 aliphatic rings. The number of nitrogens with zero attached hydrogens (tertiary/aromatic N) is 2. The number of ether oxygens (including phenoxy) is 2. The van der Waals surface area contributed by atoms with Gasteiger partial charge < -0.3 is 14.4 Å². The molecule has 4 nitrogen and oxygen atoms in total. The molecule has 1 saturated heterocycles. The summed E-state index contributed by atoms with van der Waals surface area (Å²) < 4.78 is 12.1. The summed E-state index contributed by atoms with van der Waals surface area (Å²) in [5.41, 5.74) is 3.24. The van der Waals surface area contributed by atoms with Crippen molar-refractivity contribution in [1.82, 2.24) is 4.90 Å². The van der Waals surface area contributed by atoms with Gasteiger partial charge in [0.1, 0.15) is 13.2 Å². The van der Waals surface area contributed by atoms with Crippen LogP contribution in [-0.4, -0.2) is 50.8 Å². The first-order valence-electron chi connectivity index (χ1n) is 12.3. The van der Waals surface area contributed by atoms with E-state index in [-0.39, 0.29) is 10.8 Å². The Labute approximate surface area is 183 Å². The van der Waals surface area contributed by atoms with Gasteiger partial charge in [-0.2, -0.15) is 0 Å². The van der Waals surface area contributed by atoms with Crippen LogP contribution in [-0.2, 0) is 5.41 Å². The fourth-order valence-electron chi connectivity index (χ4n) is 5.85. The molecule has 2 unspecified atom stereocenters. The third kappa shape index (κ3) is 3.81. The van der Waals surface area contributed by atoms with E-state index in [0.717, 1.165) is 37.7 Å². The minimum atomic E-state index is 0.134. The summed E-state index contributed by atoms with van der Waals surface area (Å²) in [7, 11) is 0. The molecule has 0 radical (unpaired) electrons. The van der Waals surface area contributed by atoms with Crippen LogP contribution in [0.15, 0.2) is 12.1 Å². The minimum Gasteiger partial charge on any atom is -0.486 e. The van der Waals surface area contributed by atoms with E-state index < -0.39 is 0 Å². The van der Waals surface area contributed by atoms with Gasteiger partial charge in [0.15, 0.2) is 11.5 Å². The molecule has 0 N–H and O–H groups in total. The highest BCUT2D eigenvalue weighted by Crippen LogP contribution is 2.57. The average molecular weight is 415 g/mol. The van der Waals surface area contributed by atoms with E-state index >= 15 is 0 Å². The van der Waals surface area contributed by atoms with Crippen molar-refractivity contribution in [2.24, 2.45) is 11.3 Å². The quantitative estimate of drug-likeness (QED) is 0.637. The zero-order valence-electron chi connectivity index (χ0n) is 19.9. The summed E-state index contributed by atoms with van der Waals surface area (Å²) in [5, 5.41) is 0. The maximum atomic E-state index is 6.05. The molecule has 1 aliphatic carbocycles. The lowest BCUT2D eigenvalue weighted by Gasteiger charge is -2.54. The lowest BCUT2D eigenvalue weighted by molar-refractivity contribution is 0.0474. The number of unbranched alkanes of at least 4 members (excludes halogenated alkanes) is 1. The predicted molar refractivity (Wildman–Crippen MR) is 125 cm³/mol. The third-order valence-electron chi connectivity index (χ3n) is 8.76. The molecule has 1 aromatic carbocycles. The van der Waals surface area contributed by atoms with Gasteiger partial charge in [0.2, 0.25) is 0 Å². The van der Waals surface area contributed by atoms with Gasteiger partial charge in [-0.25, -0.2) is 0 Å². The lowest BCUT2D eigenvalue weighted by Crippen LogP contribution is -2.50. The van der Waals surface area contributed by atoms with Crippen molar-refractivity contribution < 1.29 is 9.47 Å². The fraction of sp³-hybridized carbons (Fsp3) is 0.769. The predicted octanol–water partition coefficient (Wildman–Crippen LogP) is 5.48. The summed E-state index contributed by atoms with van der Waals surface area (Å²) in [6.45, 7) is 19.3. The Bertz CT molecular complexity index is 739. The molecule has 4 heteroatoms. The maximum absolute atomic E-state index is 6.05. The summed E-state index contributed by atoms with van der Waals surface area (Å²) >= 11 is 0. The summed E-state index contributed by atoms with van der Waals surface area (Å²) in [4.78, 5) is 5.25. The van der Waals surface area contributed by atoms with Gasteiger partial charge in [-0.15, -0.1) is 0 Å². The van der Waals surface area contributed by atoms with Crippen LogP contribution in [0.4, 0.5) is 5.69 Å². The fourth-order valence-corrected chi connectivity index (χ4v) is 5.85. The monoisotopic (exact) mass is 414 g/mol. The molecule has 168 valence electrons. The van der Waals surface area contributed by atoms with Crippen LogP contribution in [0.3, 0.4) is 0 Å². The van der Waals surface area contributed by atoms with E-state index in [1.807, 2.05) is 0 Å². The topological polar surface area (TPSA) is 24.9 Å². The molecule has 2 aliphatic heterocycles. The number of benzene rings is 1. The molecule has 4 rings (SSSR count). The maximum Gasteiger partial charge on any atom is 0.163 e. The van der Waals surface area contributed by atoms with E-state index in [4.69, 9.17) is 9.47 Å². The van der Waals surface area contributed by atoms with Crippen molar-refractivity contribution in [2.45, 2.75) is 72.1 Å².